The van der Waals surface area contributed by atoms with Crippen LogP contribution in [0, 0.1) is 17.6 Å². The number of halogens is 2. The molecule has 148 valence electrons. The summed E-state index contributed by atoms with van der Waals surface area (Å²) in [5.41, 5.74) is -0.151. The third-order valence-corrected chi connectivity index (χ3v) is 5.85. The van der Waals surface area contributed by atoms with Crippen molar-refractivity contribution in [3.05, 3.63) is 35.4 Å². The third kappa shape index (κ3) is 5.50. The van der Waals surface area contributed by atoms with Crippen molar-refractivity contribution in [1.29, 1.82) is 0 Å². The first kappa shape index (κ1) is 19.8. The highest BCUT2D eigenvalue weighted by Crippen LogP contribution is 2.27. The number of likely N-dealkylation sites (tertiary alicyclic amines) is 1. The number of rotatable bonds is 5. The summed E-state index contributed by atoms with van der Waals surface area (Å²) in [5, 5.41) is 2.80. The summed E-state index contributed by atoms with van der Waals surface area (Å²) in [4.78, 5) is 26.5. The van der Waals surface area contributed by atoms with Crippen LogP contribution in [0.1, 0.15) is 68.1 Å². The van der Waals surface area contributed by atoms with Gasteiger partial charge in [-0.25, -0.2) is 8.78 Å². The van der Waals surface area contributed by atoms with E-state index in [1.807, 2.05) is 4.90 Å². The molecule has 1 heterocycles. The lowest BCUT2D eigenvalue weighted by Crippen LogP contribution is -2.46. The Morgan fingerprint density at radius 1 is 1.04 bits per heavy atom. The van der Waals surface area contributed by atoms with Gasteiger partial charge in [-0.2, -0.15) is 0 Å². The topological polar surface area (TPSA) is 49.4 Å². The molecule has 0 unspecified atom stereocenters. The molecule has 1 aliphatic heterocycles. The first-order valence-corrected chi connectivity index (χ1v) is 10.1. The number of nitrogens with zero attached hydrogens (tertiary/aromatic N) is 1. The predicted octanol–water partition coefficient (Wildman–Crippen LogP) is 4.05. The van der Waals surface area contributed by atoms with Crippen molar-refractivity contribution >= 4 is 11.8 Å². The number of benzene rings is 1. The molecule has 3 rings (SSSR count). The van der Waals surface area contributed by atoms with Crippen LogP contribution in [0.25, 0.3) is 0 Å². The molecule has 1 aromatic rings. The molecule has 4 nitrogen and oxygen atoms in total. The molecule has 2 aliphatic rings. The second-order valence-corrected chi connectivity index (χ2v) is 7.80. The summed E-state index contributed by atoms with van der Waals surface area (Å²) >= 11 is 0. The summed E-state index contributed by atoms with van der Waals surface area (Å²) < 4.78 is 26.7. The molecule has 1 N–H and O–H groups in total. The van der Waals surface area contributed by atoms with Gasteiger partial charge in [0.15, 0.2) is 0 Å². The summed E-state index contributed by atoms with van der Waals surface area (Å²) in [6, 6.07) is 2.85. The van der Waals surface area contributed by atoms with E-state index in [1.165, 1.54) is 32.1 Å². The van der Waals surface area contributed by atoms with Crippen LogP contribution in [0.4, 0.5) is 8.78 Å². The lowest BCUT2D eigenvalue weighted by Gasteiger charge is -2.33. The van der Waals surface area contributed by atoms with Gasteiger partial charge in [-0.05, 0) is 37.3 Å². The fraction of sp³-hybridized carbons (Fsp3) is 0.619. The molecular formula is C21H28F2N2O2. The van der Waals surface area contributed by atoms with E-state index in [9.17, 15) is 18.4 Å². The molecule has 1 aromatic carbocycles. The van der Waals surface area contributed by atoms with Crippen molar-refractivity contribution < 1.29 is 18.4 Å². The first-order valence-electron chi connectivity index (χ1n) is 10.1. The van der Waals surface area contributed by atoms with Crippen LogP contribution in [0.5, 0.6) is 0 Å². The third-order valence-electron chi connectivity index (χ3n) is 5.85. The Kier molecular flexibility index (Phi) is 6.80. The number of nitrogens with one attached hydrogen (secondary N) is 1. The molecule has 6 heteroatoms. The number of carbonyl (C=O) groups is 2. The average molecular weight is 378 g/mol. The van der Waals surface area contributed by atoms with E-state index in [-0.39, 0.29) is 17.5 Å². The molecular weight excluding hydrogens is 350 g/mol. The normalized spacial score (nSPS) is 19.1. The van der Waals surface area contributed by atoms with E-state index in [4.69, 9.17) is 0 Å². The zero-order valence-electron chi connectivity index (χ0n) is 15.7. The van der Waals surface area contributed by atoms with Gasteiger partial charge >= 0.3 is 0 Å². The van der Waals surface area contributed by atoms with Gasteiger partial charge in [0.1, 0.15) is 11.6 Å². The SMILES string of the molecule is O=C(NC1CCN(C(=O)CCC2CCCCC2)CC1)c1ccc(F)cc1F. The highest BCUT2D eigenvalue weighted by Gasteiger charge is 2.25. The molecule has 0 atom stereocenters. The fourth-order valence-electron chi connectivity index (χ4n) is 4.17. The van der Waals surface area contributed by atoms with Crippen molar-refractivity contribution in [2.24, 2.45) is 5.92 Å². The molecule has 1 saturated heterocycles. The van der Waals surface area contributed by atoms with Crippen LogP contribution in [-0.2, 0) is 4.79 Å². The summed E-state index contributed by atoms with van der Waals surface area (Å²) in [6.07, 6.45) is 9.32. The molecule has 1 saturated carbocycles. The lowest BCUT2D eigenvalue weighted by atomic mass is 9.86. The van der Waals surface area contributed by atoms with Gasteiger partial charge in [-0.1, -0.05) is 32.1 Å². The van der Waals surface area contributed by atoms with Gasteiger partial charge in [0.25, 0.3) is 5.91 Å². The van der Waals surface area contributed by atoms with Crippen LogP contribution in [0.3, 0.4) is 0 Å². The fourth-order valence-corrected chi connectivity index (χ4v) is 4.17. The zero-order valence-corrected chi connectivity index (χ0v) is 15.7. The smallest absolute Gasteiger partial charge is 0.254 e. The minimum Gasteiger partial charge on any atom is -0.349 e. The van der Waals surface area contributed by atoms with Crippen molar-refractivity contribution in [2.45, 2.75) is 63.8 Å². The second kappa shape index (κ2) is 9.29. The van der Waals surface area contributed by atoms with Crippen molar-refractivity contribution in [2.75, 3.05) is 13.1 Å². The van der Waals surface area contributed by atoms with Gasteiger partial charge in [0, 0.05) is 31.6 Å². The van der Waals surface area contributed by atoms with Crippen LogP contribution >= 0.6 is 0 Å². The van der Waals surface area contributed by atoms with Gasteiger partial charge in [-0.3, -0.25) is 9.59 Å². The average Bonchev–Trinajstić information content (AvgIpc) is 2.67. The van der Waals surface area contributed by atoms with Crippen LogP contribution in [0.2, 0.25) is 0 Å². The second-order valence-electron chi connectivity index (χ2n) is 7.80. The van der Waals surface area contributed by atoms with Crippen molar-refractivity contribution in [1.82, 2.24) is 10.2 Å². The van der Waals surface area contributed by atoms with Crippen LogP contribution < -0.4 is 5.32 Å². The van der Waals surface area contributed by atoms with Gasteiger partial charge < -0.3 is 10.2 Å². The van der Waals surface area contributed by atoms with E-state index in [1.54, 1.807) is 0 Å². The zero-order chi connectivity index (χ0) is 19.2. The molecule has 2 fully saturated rings. The first-order chi connectivity index (χ1) is 13.0. The lowest BCUT2D eigenvalue weighted by molar-refractivity contribution is -0.132. The summed E-state index contributed by atoms with van der Waals surface area (Å²) in [5.74, 6) is -1.19. The van der Waals surface area contributed by atoms with Crippen LogP contribution in [0.15, 0.2) is 18.2 Å². The molecule has 1 aliphatic carbocycles. The van der Waals surface area contributed by atoms with E-state index in [0.717, 1.165) is 18.6 Å². The van der Waals surface area contributed by atoms with E-state index in [0.29, 0.717) is 44.3 Å². The standard InChI is InChI=1S/C21H28F2N2O2/c22-16-7-8-18(19(23)14-16)21(27)24-17-10-12-25(13-11-17)20(26)9-6-15-4-2-1-3-5-15/h7-8,14-15,17H,1-6,9-13H2,(H,24,27). The predicted molar refractivity (Wildman–Crippen MR) is 99.2 cm³/mol. The maximum Gasteiger partial charge on any atom is 0.254 e. The maximum atomic E-state index is 13.7. The highest BCUT2D eigenvalue weighted by atomic mass is 19.1. The Hall–Kier alpha value is -1.98. The quantitative estimate of drug-likeness (QED) is 0.840. The van der Waals surface area contributed by atoms with Gasteiger partial charge in [-0.15, -0.1) is 0 Å². The number of hydrogen-bond donors (Lipinski definition) is 1. The largest absolute Gasteiger partial charge is 0.349 e. The van der Waals surface area contributed by atoms with E-state index in [2.05, 4.69) is 5.32 Å². The highest BCUT2D eigenvalue weighted by molar-refractivity contribution is 5.94. The monoisotopic (exact) mass is 378 g/mol. The van der Waals surface area contributed by atoms with E-state index < -0.39 is 17.5 Å². The summed E-state index contributed by atoms with van der Waals surface area (Å²) in [7, 11) is 0. The number of hydrogen-bond acceptors (Lipinski definition) is 2. The van der Waals surface area contributed by atoms with Gasteiger partial charge in [0.2, 0.25) is 5.91 Å². The number of piperidine rings is 1. The van der Waals surface area contributed by atoms with Crippen molar-refractivity contribution in [3.63, 3.8) is 0 Å². The number of amides is 2. The minimum absolute atomic E-state index is 0.0932. The van der Waals surface area contributed by atoms with Crippen molar-refractivity contribution in [3.8, 4) is 0 Å². The van der Waals surface area contributed by atoms with Crippen LogP contribution in [-0.4, -0.2) is 35.8 Å². The molecule has 0 radical (unpaired) electrons. The number of carbonyl (C=O) groups excluding carboxylic acids is 2. The Morgan fingerprint density at radius 3 is 2.41 bits per heavy atom. The Morgan fingerprint density at radius 2 is 1.74 bits per heavy atom. The Bertz CT molecular complexity index is 666. The molecule has 2 amide bonds. The molecule has 27 heavy (non-hydrogen) atoms. The molecule has 0 spiro atoms. The maximum absolute atomic E-state index is 13.7. The minimum atomic E-state index is -0.858. The Balaban J connectivity index is 1.41. The molecule has 0 bridgehead atoms. The summed E-state index contributed by atoms with van der Waals surface area (Å²) in [6.45, 7) is 1.22. The molecule has 0 aromatic heterocycles. The van der Waals surface area contributed by atoms with Gasteiger partial charge in [0.05, 0.1) is 5.56 Å². The Labute approximate surface area is 159 Å². The van der Waals surface area contributed by atoms with E-state index >= 15 is 0 Å².